The quantitative estimate of drug-likeness (QED) is 0.477. The first-order valence-electron chi connectivity index (χ1n) is 10.8. The van der Waals surface area contributed by atoms with Gasteiger partial charge in [-0.1, -0.05) is 0 Å². The molecule has 1 aromatic carbocycles. The van der Waals surface area contributed by atoms with E-state index in [-0.39, 0.29) is 11.9 Å². The first kappa shape index (κ1) is 20.3. The Morgan fingerprint density at radius 2 is 2.12 bits per heavy atom. The Morgan fingerprint density at radius 3 is 2.84 bits per heavy atom. The lowest BCUT2D eigenvalue weighted by Crippen LogP contribution is -2.43. The number of aromatic amines is 1. The van der Waals surface area contributed by atoms with Gasteiger partial charge < -0.3 is 14.5 Å². The monoisotopic (exact) mass is 431 g/mol. The highest BCUT2D eigenvalue weighted by atomic mass is 16.5. The van der Waals surface area contributed by atoms with Crippen molar-refractivity contribution in [2.24, 2.45) is 0 Å². The van der Waals surface area contributed by atoms with E-state index in [1.54, 1.807) is 19.3 Å². The number of nitrogens with zero attached hydrogens (tertiary/aromatic N) is 3. The van der Waals surface area contributed by atoms with Gasteiger partial charge in [0.15, 0.2) is 0 Å². The molecule has 4 aromatic rings. The number of pyridine rings is 1. The lowest BCUT2D eigenvalue weighted by molar-refractivity contribution is -0.119. The van der Waals surface area contributed by atoms with E-state index in [2.05, 4.69) is 25.4 Å². The second kappa shape index (κ2) is 8.84. The predicted molar refractivity (Wildman–Crippen MR) is 120 cm³/mol. The number of nitrogens with one attached hydrogen (secondary N) is 2. The minimum Gasteiger partial charge on any atom is -0.464 e. The number of carbonyl (C=O) groups excluding carboxylic acids is 1. The van der Waals surface area contributed by atoms with Gasteiger partial charge in [-0.3, -0.25) is 14.8 Å². The van der Waals surface area contributed by atoms with Crippen molar-refractivity contribution in [3.05, 3.63) is 60.6 Å². The average molecular weight is 431 g/mol. The summed E-state index contributed by atoms with van der Waals surface area (Å²) in [4.78, 5) is 18.0. The topological polar surface area (TPSA) is 96.3 Å². The van der Waals surface area contributed by atoms with Crippen LogP contribution < -0.4 is 10.1 Å². The second-order valence-electron chi connectivity index (χ2n) is 8.13. The van der Waals surface area contributed by atoms with Gasteiger partial charge in [-0.05, 0) is 37.1 Å². The van der Waals surface area contributed by atoms with E-state index in [1.165, 1.54) is 0 Å². The molecule has 1 saturated heterocycles. The summed E-state index contributed by atoms with van der Waals surface area (Å²) in [6, 6.07) is 11.8. The Balaban J connectivity index is 1.23. The number of fused-ring (bicyclic) bond motifs is 1. The maximum atomic E-state index is 11.2. The third-order valence-electron chi connectivity index (χ3n) is 5.79. The summed E-state index contributed by atoms with van der Waals surface area (Å²) in [5.74, 6) is 1.24. The van der Waals surface area contributed by atoms with E-state index < -0.39 is 0 Å². The number of aromatic nitrogens is 3. The Labute approximate surface area is 185 Å². The van der Waals surface area contributed by atoms with Crippen molar-refractivity contribution in [2.75, 3.05) is 13.1 Å². The molecule has 164 valence electrons. The van der Waals surface area contributed by atoms with Crippen LogP contribution in [-0.2, 0) is 11.3 Å². The smallest absolute Gasteiger partial charge is 0.219 e. The predicted octanol–water partition coefficient (Wildman–Crippen LogP) is 4.11. The van der Waals surface area contributed by atoms with E-state index in [4.69, 9.17) is 9.15 Å². The van der Waals surface area contributed by atoms with Gasteiger partial charge in [0, 0.05) is 73.6 Å². The highest BCUT2D eigenvalue weighted by molar-refractivity contribution is 5.82. The highest BCUT2D eigenvalue weighted by Crippen LogP contribution is 2.29. The number of ether oxygens (including phenoxy) is 1. The van der Waals surface area contributed by atoms with Gasteiger partial charge in [0.25, 0.3) is 0 Å². The SMILES string of the molecule is CC(=O)NC1CCN(Cc2coc3cc(Oc4ccc(-c5ccn[nH]5)cn4)ccc23)CC1. The number of amides is 1. The Hall–Kier alpha value is -3.65. The van der Waals surface area contributed by atoms with Crippen LogP contribution in [0, 0.1) is 0 Å². The lowest BCUT2D eigenvalue weighted by atomic mass is 10.0. The standard InChI is InChI=1S/C24H25N5O3/c1-16(30)27-19-7-10-29(11-8-19)14-18-15-31-23-12-20(3-4-21(18)23)32-24-5-2-17(13-25-24)22-6-9-26-28-22/h2-6,9,12-13,15,19H,7-8,10-11,14H2,1H3,(H,26,28)(H,27,30). The van der Waals surface area contributed by atoms with Crippen LogP contribution in [0.5, 0.6) is 11.6 Å². The van der Waals surface area contributed by atoms with Crippen molar-refractivity contribution in [1.29, 1.82) is 0 Å². The molecule has 0 bridgehead atoms. The summed E-state index contributed by atoms with van der Waals surface area (Å²) in [7, 11) is 0. The Bertz CT molecular complexity index is 1190. The van der Waals surface area contributed by atoms with Crippen LogP contribution in [0.2, 0.25) is 0 Å². The summed E-state index contributed by atoms with van der Waals surface area (Å²) in [5.41, 5.74) is 3.81. The number of hydrogen-bond acceptors (Lipinski definition) is 6. The number of rotatable bonds is 6. The van der Waals surface area contributed by atoms with Gasteiger partial charge in [-0.15, -0.1) is 0 Å². The summed E-state index contributed by atoms with van der Waals surface area (Å²) >= 11 is 0. The fourth-order valence-corrected chi connectivity index (χ4v) is 4.15. The van der Waals surface area contributed by atoms with Crippen molar-refractivity contribution < 1.29 is 13.9 Å². The molecule has 0 unspecified atom stereocenters. The molecule has 8 heteroatoms. The molecule has 0 aliphatic carbocycles. The molecule has 4 heterocycles. The zero-order valence-electron chi connectivity index (χ0n) is 17.9. The van der Waals surface area contributed by atoms with Gasteiger partial charge >= 0.3 is 0 Å². The van der Waals surface area contributed by atoms with Crippen molar-refractivity contribution in [1.82, 2.24) is 25.4 Å². The van der Waals surface area contributed by atoms with Crippen LogP contribution in [0.3, 0.4) is 0 Å². The zero-order valence-corrected chi connectivity index (χ0v) is 17.9. The number of carbonyl (C=O) groups is 1. The van der Waals surface area contributed by atoms with Crippen LogP contribution in [-0.4, -0.2) is 45.1 Å². The van der Waals surface area contributed by atoms with E-state index in [1.807, 2.05) is 42.7 Å². The molecule has 8 nitrogen and oxygen atoms in total. The number of piperidine rings is 1. The van der Waals surface area contributed by atoms with E-state index in [9.17, 15) is 4.79 Å². The van der Waals surface area contributed by atoms with Gasteiger partial charge in [-0.2, -0.15) is 5.10 Å². The van der Waals surface area contributed by atoms with Crippen molar-refractivity contribution >= 4 is 16.9 Å². The minimum absolute atomic E-state index is 0.0475. The molecule has 3 aromatic heterocycles. The molecule has 0 spiro atoms. The molecular weight excluding hydrogens is 406 g/mol. The third kappa shape index (κ3) is 4.50. The first-order chi connectivity index (χ1) is 15.6. The number of furan rings is 1. The maximum Gasteiger partial charge on any atom is 0.219 e. The number of hydrogen-bond donors (Lipinski definition) is 2. The molecule has 0 radical (unpaired) electrons. The van der Waals surface area contributed by atoms with Gasteiger partial charge in [-0.25, -0.2) is 4.98 Å². The molecule has 1 aliphatic heterocycles. The summed E-state index contributed by atoms with van der Waals surface area (Å²) < 4.78 is 11.7. The van der Waals surface area contributed by atoms with Crippen LogP contribution in [0.25, 0.3) is 22.2 Å². The van der Waals surface area contributed by atoms with E-state index >= 15 is 0 Å². The van der Waals surface area contributed by atoms with Gasteiger partial charge in [0.05, 0.1) is 12.0 Å². The van der Waals surface area contributed by atoms with Crippen LogP contribution in [0.15, 0.2) is 59.5 Å². The maximum absolute atomic E-state index is 11.2. The fourth-order valence-electron chi connectivity index (χ4n) is 4.15. The fraction of sp³-hybridized carbons (Fsp3) is 0.292. The zero-order chi connectivity index (χ0) is 21.9. The van der Waals surface area contributed by atoms with E-state index in [0.717, 1.165) is 60.3 Å². The first-order valence-corrected chi connectivity index (χ1v) is 10.8. The van der Waals surface area contributed by atoms with Crippen LogP contribution >= 0.6 is 0 Å². The molecule has 1 aliphatic rings. The second-order valence-corrected chi connectivity index (χ2v) is 8.13. The largest absolute Gasteiger partial charge is 0.464 e. The van der Waals surface area contributed by atoms with Crippen LogP contribution in [0.4, 0.5) is 0 Å². The number of likely N-dealkylation sites (tertiary alicyclic amines) is 1. The molecule has 1 amide bonds. The van der Waals surface area contributed by atoms with E-state index in [0.29, 0.717) is 11.6 Å². The van der Waals surface area contributed by atoms with Gasteiger partial charge in [0.1, 0.15) is 11.3 Å². The average Bonchev–Trinajstić information content (AvgIpc) is 3.46. The molecule has 2 N–H and O–H groups in total. The highest BCUT2D eigenvalue weighted by Gasteiger charge is 2.21. The van der Waals surface area contributed by atoms with Crippen molar-refractivity contribution in [2.45, 2.75) is 32.4 Å². The Kier molecular flexibility index (Phi) is 5.60. The minimum atomic E-state index is 0.0475. The third-order valence-corrected chi connectivity index (χ3v) is 5.79. The normalized spacial score (nSPS) is 15.2. The number of benzene rings is 1. The molecule has 32 heavy (non-hydrogen) atoms. The van der Waals surface area contributed by atoms with Crippen molar-refractivity contribution in [3.63, 3.8) is 0 Å². The summed E-state index contributed by atoms with van der Waals surface area (Å²) in [6.07, 6.45) is 7.23. The molecule has 1 fully saturated rings. The lowest BCUT2D eigenvalue weighted by Gasteiger charge is -2.31. The number of H-pyrrole nitrogens is 1. The van der Waals surface area contributed by atoms with Gasteiger partial charge in [0.2, 0.25) is 11.8 Å². The molecular formula is C24H25N5O3. The van der Waals surface area contributed by atoms with Crippen molar-refractivity contribution in [3.8, 4) is 22.9 Å². The Morgan fingerprint density at radius 1 is 1.25 bits per heavy atom. The molecule has 5 rings (SSSR count). The molecule has 0 saturated carbocycles. The molecule has 0 atom stereocenters. The summed E-state index contributed by atoms with van der Waals surface area (Å²) in [6.45, 7) is 4.32. The summed E-state index contributed by atoms with van der Waals surface area (Å²) in [5, 5.41) is 11.0. The van der Waals surface area contributed by atoms with Crippen LogP contribution in [0.1, 0.15) is 25.3 Å².